The topological polar surface area (TPSA) is 121 Å². The molecule has 1 unspecified atom stereocenters. The van der Waals surface area contributed by atoms with Crippen LogP contribution in [0.1, 0.15) is 12.8 Å². The molecular formula is C7H11O7P. The van der Waals surface area contributed by atoms with E-state index in [4.69, 9.17) is 9.79 Å². The third kappa shape index (κ3) is 4.19. The lowest BCUT2D eigenvalue weighted by Gasteiger charge is -2.07. The molecule has 0 bridgehead atoms. The second-order valence-electron chi connectivity index (χ2n) is 3.33. The molecule has 8 heteroatoms. The Morgan fingerprint density at radius 2 is 1.93 bits per heavy atom. The average Bonchev–Trinajstić information content (AvgIpc) is 2.93. The van der Waals surface area contributed by atoms with Crippen molar-refractivity contribution >= 4 is 19.4 Å². The maximum atomic E-state index is 11.1. The summed E-state index contributed by atoms with van der Waals surface area (Å²) in [7, 11) is -4.75. The molecule has 0 heterocycles. The van der Waals surface area contributed by atoms with Gasteiger partial charge in [0.05, 0.1) is 0 Å². The lowest BCUT2D eigenvalue weighted by molar-refractivity contribution is -0.143. The number of hydrogen-bond donors (Lipinski definition) is 3. The van der Waals surface area contributed by atoms with E-state index in [0.29, 0.717) is 12.8 Å². The molecule has 1 fully saturated rings. The highest BCUT2D eigenvalue weighted by molar-refractivity contribution is 7.46. The Labute approximate surface area is 85.3 Å². The smallest absolute Gasteiger partial charge is 0.385 e. The van der Waals surface area contributed by atoms with Crippen molar-refractivity contribution in [2.45, 2.75) is 18.9 Å². The summed E-state index contributed by atoms with van der Waals surface area (Å²) in [4.78, 5) is 38.6. The number of Topliss-reactive ketones (excluding diaryl/α,β-unsaturated/α-hetero) is 2. The molecule has 0 amide bonds. The summed E-state index contributed by atoms with van der Waals surface area (Å²) in [5, 5.41) is 9.24. The van der Waals surface area contributed by atoms with Crippen molar-refractivity contribution in [3.8, 4) is 0 Å². The number of rotatable bonds is 6. The quantitative estimate of drug-likeness (QED) is 0.401. The van der Waals surface area contributed by atoms with Crippen LogP contribution < -0.4 is 0 Å². The molecule has 0 aromatic rings. The predicted molar refractivity (Wildman–Crippen MR) is 46.7 cm³/mol. The second kappa shape index (κ2) is 4.51. The highest BCUT2D eigenvalue weighted by Crippen LogP contribution is 2.36. The molecule has 1 saturated carbocycles. The van der Waals surface area contributed by atoms with Crippen LogP contribution in [-0.4, -0.2) is 39.2 Å². The van der Waals surface area contributed by atoms with E-state index in [9.17, 15) is 19.3 Å². The van der Waals surface area contributed by atoms with Crippen LogP contribution in [0.4, 0.5) is 0 Å². The second-order valence-corrected chi connectivity index (χ2v) is 4.57. The van der Waals surface area contributed by atoms with Crippen LogP contribution >= 0.6 is 7.82 Å². The summed E-state index contributed by atoms with van der Waals surface area (Å²) in [5.74, 6) is -2.37. The van der Waals surface area contributed by atoms with E-state index < -0.39 is 32.1 Å². The van der Waals surface area contributed by atoms with Gasteiger partial charge in [-0.3, -0.25) is 14.1 Å². The number of aliphatic hydroxyl groups excluding tert-OH is 1. The third-order valence-electron chi connectivity index (χ3n) is 1.98. The first kappa shape index (κ1) is 12.5. The first-order valence-electron chi connectivity index (χ1n) is 4.26. The van der Waals surface area contributed by atoms with Crippen molar-refractivity contribution in [2.75, 3.05) is 6.61 Å². The van der Waals surface area contributed by atoms with E-state index in [0.717, 1.165) is 0 Å². The van der Waals surface area contributed by atoms with Crippen molar-refractivity contribution in [1.29, 1.82) is 0 Å². The van der Waals surface area contributed by atoms with Crippen LogP contribution in [0, 0.1) is 5.92 Å². The highest BCUT2D eigenvalue weighted by Gasteiger charge is 2.37. The molecule has 1 atom stereocenters. The molecule has 15 heavy (non-hydrogen) atoms. The van der Waals surface area contributed by atoms with E-state index in [2.05, 4.69) is 4.52 Å². The summed E-state index contributed by atoms with van der Waals surface area (Å²) in [5.41, 5.74) is 0. The van der Waals surface area contributed by atoms with E-state index in [1.165, 1.54) is 0 Å². The molecule has 7 nitrogen and oxygen atoms in total. The fourth-order valence-corrected chi connectivity index (χ4v) is 1.29. The number of phosphoric acid groups is 1. The molecule has 0 spiro atoms. The molecular weight excluding hydrogens is 227 g/mol. The Morgan fingerprint density at radius 3 is 2.33 bits per heavy atom. The van der Waals surface area contributed by atoms with Crippen LogP contribution in [0.2, 0.25) is 0 Å². The van der Waals surface area contributed by atoms with Gasteiger partial charge in [-0.15, -0.1) is 0 Å². The van der Waals surface area contributed by atoms with Gasteiger partial charge >= 0.3 is 7.82 Å². The molecule has 0 radical (unpaired) electrons. The van der Waals surface area contributed by atoms with E-state index in [1.54, 1.807) is 0 Å². The minimum Gasteiger partial charge on any atom is -0.385 e. The number of hydrogen-bond acceptors (Lipinski definition) is 5. The van der Waals surface area contributed by atoms with Gasteiger partial charge in [0.15, 0.2) is 0 Å². The van der Waals surface area contributed by atoms with Gasteiger partial charge in [0, 0.05) is 0 Å². The van der Waals surface area contributed by atoms with Crippen molar-refractivity contribution in [3.63, 3.8) is 0 Å². The van der Waals surface area contributed by atoms with Crippen LogP contribution in [0.5, 0.6) is 0 Å². The minimum absolute atomic E-state index is 0.198. The molecule has 0 aliphatic heterocycles. The highest BCUT2D eigenvalue weighted by atomic mass is 31.2. The first-order chi connectivity index (χ1) is 6.81. The minimum atomic E-state index is -4.75. The van der Waals surface area contributed by atoms with Gasteiger partial charge in [0.2, 0.25) is 11.6 Å². The summed E-state index contributed by atoms with van der Waals surface area (Å²) in [6.45, 7) is -1.01. The van der Waals surface area contributed by atoms with Crippen LogP contribution in [0.25, 0.3) is 0 Å². The lowest BCUT2D eigenvalue weighted by atomic mass is 10.1. The number of phosphoric ester groups is 1. The number of carbonyl (C=O) groups is 2. The van der Waals surface area contributed by atoms with Gasteiger partial charge in [0.1, 0.15) is 12.7 Å². The van der Waals surface area contributed by atoms with Gasteiger partial charge < -0.3 is 14.9 Å². The summed E-state index contributed by atoms with van der Waals surface area (Å²) in [6.07, 6.45) is -0.00289. The standard InChI is InChI=1S/C7H11O7P/c8-5(3-14-15(11,12)13)7(10)6(9)4-1-2-4/h4,6,9H,1-3H2,(H2,11,12,13). The molecule has 1 aliphatic carbocycles. The van der Waals surface area contributed by atoms with Crippen LogP contribution in [0.3, 0.4) is 0 Å². The summed E-state index contributed by atoms with van der Waals surface area (Å²) >= 11 is 0. The first-order valence-corrected chi connectivity index (χ1v) is 5.79. The fourth-order valence-electron chi connectivity index (χ4n) is 1.00. The number of carbonyl (C=O) groups excluding carboxylic acids is 2. The number of aliphatic hydroxyl groups is 1. The number of ketones is 2. The SMILES string of the molecule is O=C(COP(=O)(O)O)C(=O)C(O)C1CC1. The van der Waals surface area contributed by atoms with Gasteiger partial charge in [-0.2, -0.15) is 0 Å². The Hall–Kier alpha value is -0.590. The van der Waals surface area contributed by atoms with Gasteiger partial charge in [-0.05, 0) is 18.8 Å². The van der Waals surface area contributed by atoms with Gasteiger partial charge in [0.25, 0.3) is 0 Å². The van der Waals surface area contributed by atoms with Crippen LogP contribution in [-0.2, 0) is 18.7 Å². The van der Waals surface area contributed by atoms with E-state index >= 15 is 0 Å². The van der Waals surface area contributed by atoms with Gasteiger partial charge in [-0.1, -0.05) is 0 Å². The zero-order chi connectivity index (χ0) is 11.6. The molecule has 0 aromatic carbocycles. The molecule has 1 aliphatic rings. The molecule has 1 rings (SSSR count). The summed E-state index contributed by atoms with van der Waals surface area (Å²) in [6, 6.07) is 0. The normalized spacial score (nSPS) is 18.6. The Balaban J connectivity index is 2.39. The fraction of sp³-hybridized carbons (Fsp3) is 0.714. The van der Waals surface area contributed by atoms with Gasteiger partial charge in [-0.25, -0.2) is 4.57 Å². The van der Waals surface area contributed by atoms with Crippen molar-refractivity contribution in [2.24, 2.45) is 5.92 Å². The van der Waals surface area contributed by atoms with Crippen LogP contribution in [0.15, 0.2) is 0 Å². The van der Waals surface area contributed by atoms with Crippen molar-refractivity contribution in [1.82, 2.24) is 0 Å². The van der Waals surface area contributed by atoms with E-state index in [-0.39, 0.29) is 5.92 Å². The maximum Gasteiger partial charge on any atom is 0.470 e. The summed E-state index contributed by atoms with van der Waals surface area (Å²) < 4.78 is 14.1. The zero-order valence-corrected chi connectivity index (χ0v) is 8.59. The molecule has 0 saturated heterocycles. The third-order valence-corrected chi connectivity index (χ3v) is 2.44. The Kier molecular flexibility index (Phi) is 3.75. The zero-order valence-electron chi connectivity index (χ0n) is 7.70. The monoisotopic (exact) mass is 238 g/mol. The molecule has 0 aromatic heterocycles. The lowest BCUT2D eigenvalue weighted by Crippen LogP contribution is -2.32. The van der Waals surface area contributed by atoms with E-state index in [1.807, 2.05) is 0 Å². The predicted octanol–water partition coefficient (Wildman–Crippen LogP) is -0.995. The maximum absolute atomic E-state index is 11.1. The Morgan fingerprint density at radius 1 is 1.40 bits per heavy atom. The Bertz CT molecular complexity index is 315. The van der Waals surface area contributed by atoms with Crippen molar-refractivity contribution < 1.29 is 33.6 Å². The van der Waals surface area contributed by atoms with Crippen molar-refractivity contribution in [3.05, 3.63) is 0 Å². The molecule has 86 valence electrons. The average molecular weight is 238 g/mol. The largest absolute Gasteiger partial charge is 0.470 e. The molecule has 3 N–H and O–H groups in total.